The molecule has 0 saturated heterocycles. The Labute approximate surface area is 197 Å². The van der Waals surface area contributed by atoms with Crippen molar-refractivity contribution in [2.24, 2.45) is 33.7 Å². The van der Waals surface area contributed by atoms with Crippen molar-refractivity contribution in [1.29, 1.82) is 0 Å². The van der Waals surface area contributed by atoms with Gasteiger partial charge in [0.25, 0.3) is 0 Å². The summed E-state index contributed by atoms with van der Waals surface area (Å²) in [4.78, 5) is 63.7. The van der Waals surface area contributed by atoms with Gasteiger partial charge in [-0.05, 0) is 45.1 Å². The van der Waals surface area contributed by atoms with Crippen molar-refractivity contribution < 1.29 is 29.1 Å². The molecule has 0 aromatic carbocycles. The average Bonchev–Trinajstić information content (AvgIpc) is 2.76. The van der Waals surface area contributed by atoms with Crippen molar-refractivity contribution in [3.8, 4) is 0 Å². The zero-order valence-corrected chi connectivity index (χ0v) is 19.1. The van der Waals surface area contributed by atoms with Crippen molar-refractivity contribution in [3.05, 3.63) is 0 Å². The van der Waals surface area contributed by atoms with Crippen LogP contribution in [-0.4, -0.2) is 78.4 Å². The van der Waals surface area contributed by atoms with E-state index in [1.807, 2.05) is 0 Å². The van der Waals surface area contributed by atoms with E-state index >= 15 is 0 Å². The summed E-state index contributed by atoms with van der Waals surface area (Å²) in [5.41, 5.74) is 26.4. The zero-order chi connectivity index (χ0) is 26.1. The van der Waals surface area contributed by atoms with Crippen LogP contribution >= 0.6 is 0 Å². The van der Waals surface area contributed by atoms with Gasteiger partial charge in [0.2, 0.25) is 23.6 Å². The van der Waals surface area contributed by atoms with Crippen LogP contribution < -0.4 is 44.6 Å². The lowest BCUT2D eigenvalue weighted by Crippen LogP contribution is -2.56. The molecular weight excluding hydrogens is 450 g/mol. The number of hydrogen-bond donors (Lipinski definition) is 9. The van der Waals surface area contributed by atoms with Crippen molar-refractivity contribution in [3.63, 3.8) is 0 Å². The number of aliphatic imine (C=N–C) groups is 1. The number of carbonyl (C=O) groups excluding carboxylic acids is 4. The highest BCUT2D eigenvalue weighted by atomic mass is 16.4. The van der Waals surface area contributed by atoms with Gasteiger partial charge in [-0.2, -0.15) is 0 Å². The van der Waals surface area contributed by atoms with Crippen LogP contribution in [0.4, 0.5) is 0 Å². The van der Waals surface area contributed by atoms with Gasteiger partial charge in [-0.15, -0.1) is 0 Å². The number of carbonyl (C=O) groups is 5. The molecule has 0 aromatic rings. The molecule has 4 amide bonds. The normalized spacial score (nSPS) is 13.1. The second-order valence-corrected chi connectivity index (χ2v) is 7.52. The first kappa shape index (κ1) is 30.5. The Morgan fingerprint density at radius 1 is 0.765 bits per heavy atom. The maximum atomic E-state index is 12.9. The number of carboxylic acids is 1. The van der Waals surface area contributed by atoms with E-state index in [0.29, 0.717) is 19.4 Å². The fraction of sp³-hybridized carbons (Fsp3) is 0.684. The third kappa shape index (κ3) is 13.8. The average molecular weight is 488 g/mol. The minimum absolute atomic E-state index is 0.0663. The lowest BCUT2D eigenvalue weighted by molar-refractivity contribution is -0.142. The van der Waals surface area contributed by atoms with Crippen LogP contribution in [0, 0.1) is 0 Å². The van der Waals surface area contributed by atoms with Gasteiger partial charge in [-0.3, -0.25) is 24.2 Å². The fourth-order valence-corrected chi connectivity index (χ4v) is 2.88. The molecule has 3 unspecified atom stereocenters. The highest BCUT2D eigenvalue weighted by Gasteiger charge is 2.29. The summed E-state index contributed by atoms with van der Waals surface area (Å²) in [5, 5.41) is 16.7. The third-order valence-electron chi connectivity index (χ3n) is 4.66. The van der Waals surface area contributed by atoms with E-state index in [1.165, 1.54) is 0 Å². The summed E-state index contributed by atoms with van der Waals surface area (Å²) in [6.07, 6.45) is 1.28. The topological polar surface area (TPSA) is 284 Å². The molecule has 15 nitrogen and oxygen atoms in total. The molecule has 0 aliphatic rings. The standard InChI is InChI=1S/C19H37N9O6/c20-8-2-1-4-11(26-15(30)10-21)16(31)27-12(5-3-9-25-19(23)24)17(32)28-13(18(33)34)6-7-14(22)29/h11-13H,1-10,20-21H2,(H2,22,29)(H,26,30)(H,27,31)(H,28,32)(H,33,34)(H4,23,24,25). The Hall–Kier alpha value is -3.46. The van der Waals surface area contributed by atoms with E-state index in [2.05, 4.69) is 20.9 Å². The van der Waals surface area contributed by atoms with Gasteiger partial charge in [-0.1, -0.05) is 0 Å². The minimum Gasteiger partial charge on any atom is -0.480 e. The molecular formula is C19H37N9O6. The predicted octanol–water partition coefficient (Wildman–Crippen LogP) is -4.07. The zero-order valence-electron chi connectivity index (χ0n) is 19.1. The van der Waals surface area contributed by atoms with E-state index in [0.717, 1.165) is 0 Å². The number of aliphatic carboxylic acids is 1. The molecule has 3 atom stereocenters. The Bertz CT molecular complexity index is 727. The van der Waals surface area contributed by atoms with Crippen LogP contribution in [-0.2, 0) is 24.0 Å². The Kier molecular flexibility index (Phi) is 15.3. The Morgan fingerprint density at radius 3 is 1.82 bits per heavy atom. The van der Waals surface area contributed by atoms with E-state index in [4.69, 9.17) is 28.7 Å². The molecule has 0 aromatic heterocycles. The first-order valence-electron chi connectivity index (χ1n) is 10.9. The third-order valence-corrected chi connectivity index (χ3v) is 4.66. The minimum atomic E-state index is -1.39. The molecule has 0 bridgehead atoms. The van der Waals surface area contributed by atoms with Crippen LogP contribution in [0.2, 0.25) is 0 Å². The van der Waals surface area contributed by atoms with Gasteiger partial charge in [0, 0.05) is 13.0 Å². The summed E-state index contributed by atoms with van der Waals surface area (Å²) in [7, 11) is 0. The summed E-state index contributed by atoms with van der Waals surface area (Å²) >= 11 is 0. The number of unbranched alkanes of at least 4 members (excludes halogenated alkanes) is 1. The quantitative estimate of drug-likeness (QED) is 0.0511. The van der Waals surface area contributed by atoms with Crippen LogP contribution in [0.15, 0.2) is 4.99 Å². The molecule has 0 saturated carbocycles. The van der Waals surface area contributed by atoms with Gasteiger partial charge < -0.3 is 49.7 Å². The molecule has 15 heteroatoms. The molecule has 0 heterocycles. The number of hydrogen-bond acceptors (Lipinski definition) is 8. The van der Waals surface area contributed by atoms with Gasteiger partial charge in [0.05, 0.1) is 6.54 Å². The fourth-order valence-electron chi connectivity index (χ4n) is 2.88. The van der Waals surface area contributed by atoms with Gasteiger partial charge >= 0.3 is 5.97 Å². The number of nitrogens with one attached hydrogen (secondary N) is 3. The van der Waals surface area contributed by atoms with E-state index in [-0.39, 0.29) is 51.2 Å². The summed E-state index contributed by atoms with van der Waals surface area (Å²) < 4.78 is 0. The molecule has 34 heavy (non-hydrogen) atoms. The number of amides is 4. The molecule has 0 radical (unpaired) electrons. The lowest BCUT2D eigenvalue weighted by atomic mass is 10.1. The van der Waals surface area contributed by atoms with E-state index in [1.54, 1.807) is 0 Å². The van der Waals surface area contributed by atoms with Gasteiger partial charge in [0.1, 0.15) is 18.1 Å². The first-order chi connectivity index (χ1) is 16.0. The van der Waals surface area contributed by atoms with Crippen LogP contribution in [0.25, 0.3) is 0 Å². The van der Waals surface area contributed by atoms with Crippen LogP contribution in [0.5, 0.6) is 0 Å². The number of guanidine groups is 1. The highest BCUT2D eigenvalue weighted by molar-refractivity contribution is 5.93. The van der Waals surface area contributed by atoms with Gasteiger partial charge in [-0.25, -0.2) is 4.79 Å². The summed E-state index contributed by atoms with van der Waals surface area (Å²) in [6, 6.07) is -3.53. The monoisotopic (exact) mass is 487 g/mol. The predicted molar refractivity (Wildman–Crippen MR) is 124 cm³/mol. The molecule has 194 valence electrons. The number of carboxylic acid groups (broad SMARTS) is 1. The van der Waals surface area contributed by atoms with Crippen molar-refractivity contribution in [2.75, 3.05) is 19.6 Å². The van der Waals surface area contributed by atoms with Crippen molar-refractivity contribution in [2.45, 2.75) is 63.1 Å². The van der Waals surface area contributed by atoms with Crippen LogP contribution in [0.1, 0.15) is 44.9 Å². The second-order valence-electron chi connectivity index (χ2n) is 7.52. The summed E-state index contributed by atoms with van der Waals surface area (Å²) in [5.74, 6) is -4.23. The smallest absolute Gasteiger partial charge is 0.326 e. The van der Waals surface area contributed by atoms with Gasteiger partial charge in [0.15, 0.2) is 5.96 Å². The van der Waals surface area contributed by atoms with E-state index in [9.17, 15) is 29.1 Å². The van der Waals surface area contributed by atoms with E-state index < -0.39 is 47.7 Å². The number of rotatable bonds is 18. The molecule has 0 aliphatic heterocycles. The molecule has 14 N–H and O–H groups in total. The SMILES string of the molecule is NCCCCC(NC(=O)CN)C(=O)NC(CCCN=C(N)N)C(=O)NC(CCC(N)=O)C(=O)O. The molecule has 0 aliphatic carbocycles. The number of primary amides is 1. The first-order valence-corrected chi connectivity index (χ1v) is 10.9. The summed E-state index contributed by atoms with van der Waals surface area (Å²) in [6.45, 7) is 0.232. The molecule has 0 rings (SSSR count). The van der Waals surface area contributed by atoms with Crippen molar-refractivity contribution in [1.82, 2.24) is 16.0 Å². The molecule has 0 fully saturated rings. The second kappa shape index (κ2) is 17.1. The Morgan fingerprint density at radius 2 is 1.32 bits per heavy atom. The maximum Gasteiger partial charge on any atom is 0.326 e. The lowest BCUT2D eigenvalue weighted by Gasteiger charge is -2.24. The number of nitrogens with two attached hydrogens (primary N) is 5. The largest absolute Gasteiger partial charge is 0.480 e. The highest BCUT2D eigenvalue weighted by Crippen LogP contribution is 2.06. The maximum absolute atomic E-state index is 12.9. The Balaban J connectivity index is 5.47. The van der Waals surface area contributed by atoms with Crippen molar-refractivity contribution >= 4 is 35.6 Å². The van der Waals surface area contributed by atoms with Crippen LogP contribution in [0.3, 0.4) is 0 Å². The number of nitrogens with zero attached hydrogens (tertiary/aromatic N) is 1. The molecule has 0 spiro atoms.